The number of nitrogens with one attached hydrogen (secondary N) is 2. The number of rotatable bonds is 6. The highest BCUT2D eigenvalue weighted by Crippen LogP contribution is 2.17. The van der Waals surface area contributed by atoms with Gasteiger partial charge in [0.05, 0.1) is 7.11 Å². The Bertz CT molecular complexity index is 653. The molecule has 0 spiro atoms. The maximum atomic E-state index is 11.9. The molecule has 0 atom stereocenters. The van der Waals surface area contributed by atoms with Crippen LogP contribution in [0, 0.1) is 13.8 Å². The lowest BCUT2D eigenvalue weighted by atomic mass is 10.1. The van der Waals surface area contributed by atoms with E-state index in [9.17, 15) is 4.79 Å². The van der Waals surface area contributed by atoms with E-state index >= 15 is 0 Å². The average molecular weight is 298 g/mol. The number of benzene rings is 2. The summed E-state index contributed by atoms with van der Waals surface area (Å²) in [5.74, 6) is 0.795. The van der Waals surface area contributed by atoms with Gasteiger partial charge in [-0.3, -0.25) is 4.79 Å². The fourth-order valence-electron chi connectivity index (χ4n) is 2.10. The van der Waals surface area contributed by atoms with Crippen molar-refractivity contribution in [1.29, 1.82) is 0 Å². The van der Waals surface area contributed by atoms with Crippen molar-refractivity contribution in [1.82, 2.24) is 0 Å². The van der Waals surface area contributed by atoms with E-state index in [4.69, 9.17) is 4.74 Å². The molecule has 2 aromatic carbocycles. The predicted molar refractivity (Wildman–Crippen MR) is 90.6 cm³/mol. The third-order valence-corrected chi connectivity index (χ3v) is 3.54. The van der Waals surface area contributed by atoms with E-state index in [0.717, 1.165) is 17.1 Å². The minimum atomic E-state index is -0.00125. The number of aryl methyl sites for hydroxylation is 2. The molecule has 0 heterocycles. The molecular weight excluding hydrogens is 276 g/mol. The second-order valence-corrected chi connectivity index (χ2v) is 5.26. The fraction of sp³-hybridized carbons (Fsp3) is 0.278. The molecule has 4 nitrogen and oxygen atoms in total. The van der Waals surface area contributed by atoms with E-state index in [1.165, 1.54) is 11.1 Å². The van der Waals surface area contributed by atoms with Crippen molar-refractivity contribution in [2.45, 2.75) is 20.3 Å². The Balaban J connectivity index is 1.81. The van der Waals surface area contributed by atoms with E-state index < -0.39 is 0 Å². The largest absolute Gasteiger partial charge is 0.497 e. The Hall–Kier alpha value is -2.49. The van der Waals surface area contributed by atoms with Crippen LogP contribution in [0.15, 0.2) is 42.5 Å². The summed E-state index contributed by atoms with van der Waals surface area (Å²) in [4.78, 5) is 11.9. The van der Waals surface area contributed by atoms with Gasteiger partial charge in [-0.25, -0.2) is 0 Å². The Labute approximate surface area is 131 Å². The molecule has 0 fully saturated rings. The molecule has 0 radical (unpaired) electrons. The average Bonchev–Trinajstić information content (AvgIpc) is 2.51. The monoisotopic (exact) mass is 298 g/mol. The summed E-state index contributed by atoms with van der Waals surface area (Å²) in [5.41, 5.74) is 4.18. The zero-order chi connectivity index (χ0) is 15.9. The molecule has 22 heavy (non-hydrogen) atoms. The van der Waals surface area contributed by atoms with Gasteiger partial charge in [-0.1, -0.05) is 12.1 Å². The summed E-state index contributed by atoms with van der Waals surface area (Å²) >= 11 is 0. The molecule has 2 aromatic rings. The normalized spacial score (nSPS) is 10.1. The SMILES string of the molecule is COc1cccc(NCCC(=O)Nc2ccc(C)c(C)c2)c1. The van der Waals surface area contributed by atoms with Crippen LogP contribution in [0.25, 0.3) is 0 Å². The van der Waals surface area contributed by atoms with Gasteiger partial charge in [-0.15, -0.1) is 0 Å². The molecule has 4 heteroatoms. The molecule has 0 aliphatic carbocycles. The first-order valence-electron chi connectivity index (χ1n) is 7.33. The molecule has 0 bridgehead atoms. The number of anilines is 2. The van der Waals surface area contributed by atoms with Crippen molar-refractivity contribution in [2.24, 2.45) is 0 Å². The van der Waals surface area contributed by atoms with E-state index in [1.807, 2.05) is 49.4 Å². The molecule has 2 rings (SSSR count). The zero-order valence-corrected chi connectivity index (χ0v) is 13.3. The predicted octanol–water partition coefficient (Wildman–Crippen LogP) is 3.75. The molecule has 0 aliphatic heterocycles. The van der Waals surface area contributed by atoms with Gasteiger partial charge in [-0.2, -0.15) is 0 Å². The molecule has 0 saturated carbocycles. The number of amides is 1. The van der Waals surface area contributed by atoms with Gasteiger partial charge < -0.3 is 15.4 Å². The Morgan fingerprint density at radius 3 is 2.59 bits per heavy atom. The maximum Gasteiger partial charge on any atom is 0.226 e. The van der Waals surface area contributed by atoms with Crippen molar-refractivity contribution in [3.8, 4) is 5.75 Å². The van der Waals surface area contributed by atoms with Crippen LogP contribution in [0.4, 0.5) is 11.4 Å². The minimum Gasteiger partial charge on any atom is -0.497 e. The van der Waals surface area contributed by atoms with Crippen molar-refractivity contribution >= 4 is 17.3 Å². The van der Waals surface area contributed by atoms with E-state index in [0.29, 0.717) is 13.0 Å². The molecule has 0 aliphatic rings. The number of hydrogen-bond acceptors (Lipinski definition) is 3. The Kier molecular flexibility index (Phi) is 5.42. The molecule has 2 N–H and O–H groups in total. The third-order valence-electron chi connectivity index (χ3n) is 3.54. The van der Waals surface area contributed by atoms with Gasteiger partial charge in [-0.05, 0) is 49.2 Å². The highest BCUT2D eigenvalue weighted by Gasteiger charge is 2.03. The van der Waals surface area contributed by atoms with Gasteiger partial charge in [0.15, 0.2) is 0 Å². The zero-order valence-electron chi connectivity index (χ0n) is 13.3. The number of ether oxygens (including phenoxy) is 1. The minimum absolute atomic E-state index is 0.00125. The number of methoxy groups -OCH3 is 1. The number of carbonyl (C=O) groups excluding carboxylic acids is 1. The van der Waals surface area contributed by atoms with Crippen molar-refractivity contribution in [3.63, 3.8) is 0 Å². The van der Waals surface area contributed by atoms with Gasteiger partial charge in [0.25, 0.3) is 0 Å². The van der Waals surface area contributed by atoms with Crippen LogP contribution >= 0.6 is 0 Å². The standard InChI is InChI=1S/C18H22N2O2/c1-13-7-8-16(11-14(13)2)20-18(21)9-10-19-15-5-4-6-17(12-15)22-3/h4-8,11-12,19H,9-10H2,1-3H3,(H,20,21). The van der Waals surface area contributed by atoms with Crippen molar-refractivity contribution in [3.05, 3.63) is 53.6 Å². The lowest BCUT2D eigenvalue weighted by Crippen LogP contribution is -2.16. The van der Waals surface area contributed by atoms with E-state index in [2.05, 4.69) is 17.6 Å². The second kappa shape index (κ2) is 7.50. The quantitative estimate of drug-likeness (QED) is 0.854. The van der Waals surface area contributed by atoms with Crippen LogP contribution in [0.1, 0.15) is 17.5 Å². The smallest absolute Gasteiger partial charge is 0.226 e. The summed E-state index contributed by atoms with van der Waals surface area (Å²) in [6, 6.07) is 13.6. The Morgan fingerprint density at radius 2 is 1.86 bits per heavy atom. The summed E-state index contributed by atoms with van der Waals surface area (Å²) in [5, 5.41) is 6.13. The first kappa shape index (κ1) is 15.9. The second-order valence-electron chi connectivity index (χ2n) is 5.26. The van der Waals surface area contributed by atoms with Crippen LogP contribution in [-0.2, 0) is 4.79 Å². The van der Waals surface area contributed by atoms with Gasteiger partial charge in [0.1, 0.15) is 5.75 Å². The van der Waals surface area contributed by atoms with E-state index in [-0.39, 0.29) is 5.91 Å². The maximum absolute atomic E-state index is 11.9. The molecule has 0 saturated heterocycles. The molecule has 0 unspecified atom stereocenters. The van der Waals surface area contributed by atoms with Gasteiger partial charge in [0.2, 0.25) is 5.91 Å². The summed E-state index contributed by atoms with van der Waals surface area (Å²) in [7, 11) is 1.64. The van der Waals surface area contributed by atoms with Crippen molar-refractivity contribution < 1.29 is 9.53 Å². The van der Waals surface area contributed by atoms with Crippen LogP contribution in [0.3, 0.4) is 0 Å². The van der Waals surface area contributed by atoms with Crippen molar-refractivity contribution in [2.75, 3.05) is 24.3 Å². The first-order chi connectivity index (χ1) is 10.6. The van der Waals surface area contributed by atoms with Gasteiger partial charge in [0, 0.05) is 30.4 Å². The molecule has 0 aromatic heterocycles. The van der Waals surface area contributed by atoms with Crippen LogP contribution < -0.4 is 15.4 Å². The Morgan fingerprint density at radius 1 is 1.05 bits per heavy atom. The van der Waals surface area contributed by atoms with E-state index in [1.54, 1.807) is 7.11 Å². The topological polar surface area (TPSA) is 50.4 Å². The van der Waals surface area contributed by atoms with Crippen LogP contribution in [0.2, 0.25) is 0 Å². The van der Waals surface area contributed by atoms with Crippen LogP contribution in [0.5, 0.6) is 5.75 Å². The van der Waals surface area contributed by atoms with Gasteiger partial charge >= 0.3 is 0 Å². The number of carbonyl (C=O) groups is 1. The lowest BCUT2D eigenvalue weighted by molar-refractivity contribution is -0.115. The van der Waals surface area contributed by atoms with Crippen LogP contribution in [-0.4, -0.2) is 19.6 Å². The molecule has 116 valence electrons. The number of hydrogen-bond donors (Lipinski definition) is 2. The fourth-order valence-corrected chi connectivity index (χ4v) is 2.10. The summed E-state index contributed by atoms with van der Waals surface area (Å²) in [6.45, 7) is 4.66. The lowest BCUT2D eigenvalue weighted by Gasteiger charge is -2.09. The third kappa shape index (κ3) is 4.52. The summed E-state index contributed by atoms with van der Waals surface area (Å²) in [6.07, 6.45) is 0.407. The highest BCUT2D eigenvalue weighted by atomic mass is 16.5. The molecule has 1 amide bonds. The molecular formula is C18H22N2O2. The highest BCUT2D eigenvalue weighted by molar-refractivity contribution is 5.91. The first-order valence-corrected chi connectivity index (χ1v) is 7.33. The summed E-state index contributed by atoms with van der Waals surface area (Å²) < 4.78 is 5.16.